The van der Waals surface area contributed by atoms with Gasteiger partial charge in [0.2, 0.25) is 5.91 Å². The third-order valence-electron chi connectivity index (χ3n) is 3.55. The smallest absolute Gasteiger partial charge is 0.227 e. The Bertz CT molecular complexity index is 502. The second-order valence-corrected chi connectivity index (χ2v) is 4.80. The van der Waals surface area contributed by atoms with Crippen molar-refractivity contribution in [2.75, 3.05) is 39.8 Å². The molecule has 1 heterocycles. The monoisotopic (exact) mass is 273 g/mol. The molecule has 1 amide bonds. The largest absolute Gasteiger partial charge is 0.496 e. The molecule has 0 radical (unpaired) electrons. The van der Waals surface area contributed by atoms with E-state index < -0.39 is 0 Å². The van der Waals surface area contributed by atoms with Crippen LogP contribution in [0.25, 0.3) is 0 Å². The lowest BCUT2D eigenvalue weighted by molar-refractivity contribution is -0.132. The van der Waals surface area contributed by atoms with E-state index in [4.69, 9.17) is 10.00 Å². The van der Waals surface area contributed by atoms with E-state index in [1.807, 2.05) is 29.2 Å². The molecule has 0 atom stereocenters. The number of nitriles is 1. The van der Waals surface area contributed by atoms with Crippen molar-refractivity contribution >= 4 is 5.91 Å². The van der Waals surface area contributed by atoms with Crippen LogP contribution in [0.15, 0.2) is 24.3 Å². The molecule has 0 aliphatic carbocycles. The standard InChI is InChI=1S/C15H19N3O2/c1-20-14-5-3-2-4-13(14)12-15(19)18-10-8-17(7-6-16)9-11-18/h2-5H,7-12H2,1H3. The number of ether oxygens (including phenoxy) is 1. The molecule has 1 fully saturated rings. The minimum atomic E-state index is 0.117. The van der Waals surface area contributed by atoms with Gasteiger partial charge in [0.1, 0.15) is 5.75 Å². The Balaban J connectivity index is 1.91. The van der Waals surface area contributed by atoms with Crippen LogP contribution in [0.3, 0.4) is 0 Å². The molecule has 1 saturated heterocycles. The van der Waals surface area contributed by atoms with Crippen LogP contribution in [-0.2, 0) is 11.2 Å². The molecule has 106 valence electrons. The zero-order valence-corrected chi connectivity index (χ0v) is 11.7. The van der Waals surface area contributed by atoms with Crippen molar-refractivity contribution in [3.8, 4) is 11.8 Å². The molecule has 20 heavy (non-hydrogen) atoms. The summed E-state index contributed by atoms with van der Waals surface area (Å²) in [5.74, 6) is 0.870. The summed E-state index contributed by atoms with van der Waals surface area (Å²) in [6.45, 7) is 3.36. The zero-order valence-electron chi connectivity index (χ0n) is 11.7. The van der Waals surface area contributed by atoms with E-state index in [0.717, 1.165) is 24.4 Å². The minimum absolute atomic E-state index is 0.117. The van der Waals surface area contributed by atoms with E-state index >= 15 is 0 Å². The van der Waals surface area contributed by atoms with E-state index in [0.29, 0.717) is 26.1 Å². The van der Waals surface area contributed by atoms with Gasteiger partial charge < -0.3 is 9.64 Å². The van der Waals surface area contributed by atoms with Crippen LogP contribution in [-0.4, -0.2) is 55.5 Å². The highest BCUT2D eigenvalue weighted by Gasteiger charge is 2.21. The fourth-order valence-electron chi connectivity index (χ4n) is 2.38. The maximum absolute atomic E-state index is 12.3. The van der Waals surface area contributed by atoms with Gasteiger partial charge in [-0.3, -0.25) is 9.69 Å². The summed E-state index contributed by atoms with van der Waals surface area (Å²) in [5, 5.41) is 8.66. The first-order chi connectivity index (χ1) is 9.74. The number of rotatable bonds is 4. The Kier molecular flexibility index (Phi) is 4.97. The summed E-state index contributed by atoms with van der Waals surface area (Å²) in [4.78, 5) is 16.2. The first-order valence-electron chi connectivity index (χ1n) is 6.73. The predicted molar refractivity (Wildman–Crippen MR) is 75.3 cm³/mol. The topological polar surface area (TPSA) is 56.6 Å². The fraction of sp³-hybridized carbons (Fsp3) is 0.467. The van der Waals surface area contributed by atoms with Crippen molar-refractivity contribution in [1.82, 2.24) is 9.80 Å². The summed E-state index contributed by atoms with van der Waals surface area (Å²) in [6.07, 6.45) is 0.363. The molecule has 1 aromatic rings. The number of nitrogens with zero attached hydrogens (tertiary/aromatic N) is 3. The Morgan fingerprint density at radius 3 is 2.65 bits per heavy atom. The molecule has 0 aromatic heterocycles. The number of carbonyl (C=O) groups excluding carboxylic acids is 1. The summed E-state index contributed by atoms with van der Waals surface area (Å²) < 4.78 is 5.27. The molecular weight excluding hydrogens is 254 g/mol. The van der Waals surface area contributed by atoms with Crippen LogP contribution < -0.4 is 4.74 Å². The number of para-hydroxylation sites is 1. The van der Waals surface area contributed by atoms with Crippen molar-refractivity contribution < 1.29 is 9.53 Å². The van der Waals surface area contributed by atoms with Gasteiger partial charge in [0.25, 0.3) is 0 Å². The first kappa shape index (κ1) is 14.4. The summed E-state index contributed by atoms with van der Waals surface area (Å²) in [7, 11) is 1.62. The second kappa shape index (κ2) is 6.92. The molecule has 0 bridgehead atoms. The van der Waals surface area contributed by atoms with Gasteiger partial charge >= 0.3 is 0 Å². The van der Waals surface area contributed by atoms with Crippen molar-refractivity contribution in [1.29, 1.82) is 5.26 Å². The van der Waals surface area contributed by atoms with Crippen LogP contribution >= 0.6 is 0 Å². The van der Waals surface area contributed by atoms with E-state index in [2.05, 4.69) is 11.0 Å². The predicted octanol–water partition coefficient (Wildman–Crippen LogP) is 0.905. The number of benzene rings is 1. The van der Waals surface area contributed by atoms with E-state index in [9.17, 15) is 4.79 Å². The molecule has 5 heteroatoms. The van der Waals surface area contributed by atoms with E-state index in [-0.39, 0.29) is 5.91 Å². The number of carbonyl (C=O) groups is 1. The summed E-state index contributed by atoms with van der Waals surface area (Å²) in [5.41, 5.74) is 0.916. The van der Waals surface area contributed by atoms with Gasteiger partial charge in [-0.2, -0.15) is 5.26 Å². The molecule has 5 nitrogen and oxygen atoms in total. The molecule has 0 spiro atoms. The van der Waals surface area contributed by atoms with Crippen LogP contribution in [0.1, 0.15) is 5.56 Å². The van der Waals surface area contributed by atoms with Crippen LogP contribution in [0.4, 0.5) is 0 Å². The fourth-order valence-corrected chi connectivity index (χ4v) is 2.38. The third kappa shape index (κ3) is 3.49. The highest BCUT2D eigenvalue weighted by atomic mass is 16.5. The lowest BCUT2D eigenvalue weighted by Gasteiger charge is -2.33. The average molecular weight is 273 g/mol. The highest BCUT2D eigenvalue weighted by molar-refractivity contribution is 5.79. The average Bonchev–Trinajstić information content (AvgIpc) is 2.49. The van der Waals surface area contributed by atoms with Crippen LogP contribution in [0, 0.1) is 11.3 Å². The van der Waals surface area contributed by atoms with Gasteiger partial charge in [0.05, 0.1) is 26.1 Å². The summed E-state index contributed by atoms with van der Waals surface area (Å²) in [6, 6.07) is 9.74. The minimum Gasteiger partial charge on any atom is -0.496 e. The molecule has 0 unspecified atom stereocenters. The second-order valence-electron chi connectivity index (χ2n) is 4.80. The highest BCUT2D eigenvalue weighted by Crippen LogP contribution is 2.18. The number of piperazine rings is 1. The Morgan fingerprint density at radius 1 is 1.30 bits per heavy atom. The number of hydrogen-bond donors (Lipinski definition) is 0. The van der Waals surface area contributed by atoms with Gasteiger partial charge in [0.15, 0.2) is 0 Å². The SMILES string of the molecule is COc1ccccc1CC(=O)N1CCN(CC#N)CC1. The number of hydrogen-bond acceptors (Lipinski definition) is 4. The molecule has 1 aliphatic rings. The van der Waals surface area contributed by atoms with E-state index in [1.165, 1.54) is 0 Å². The van der Waals surface area contributed by atoms with Crippen molar-refractivity contribution in [3.63, 3.8) is 0 Å². The van der Waals surface area contributed by atoms with Gasteiger partial charge in [-0.1, -0.05) is 18.2 Å². The molecule has 0 N–H and O–H groups in total. The number of methoxy groups -OCH3 is 1. The Labute approximate surface area is 119 Å². The Hall–Kier alpha value is -2.06. The maximum atomic E-state index is 12.3. The van der Waals surface area contributed by atoms with E-state index in [1.54, 1.807) is 7.11 Å². The summed E-state index contributed by atoms with van der Waals surface area (Å²) >= 11 is 0. The normalized spacial score (nSPS) is 15.7. The Morgan fingerprint density at radius 2 is 2.00 bits per heavy atom. The van der Waals surface area contributed by atoms with Gasteiger partial charge in [-0.25, -0.2) is 0 Å². The van der Waals surface area contributed by atoms with Crippen molar-refractivity contribution in [3.05, 3.63) is 29.8 Å². The van der Waals surface area contributed by atoms with Crippen LogP contribution in [0.2, 0.25) is 0 Å². The van der Waals surface area contributed by atoms with Gasteiger partial charge in [-0.15, -0.1) is 0 Å². The van der Waals surface area contributed by atoms with Crippen molar-refractivity contribution in [2.24, 2.45) is 0 Å². The van der Waals surface area contributed by atoms with Crippen LogP contribution in [0.5, 0.6) is 5.75 Å². The quantitative estimate of drug-likeness (QED) is 0.765. The number of amides is 1. The van der Waals surface area contributed by atoms with Gasteiger partial charge in [0, 0.05) is 31.7 Å². The molecule has 0 saturated carbocycles. The molecule has 1 aliphatic heterocycles. The van der Waals surface area contributed by atoms with Gasteiger partial charge in [-0.05, 0) is 6.07 Å². The first-order valence-corrected chi connectivity index (χ1v) is 6.73. The maximum Gasteiger partial charge on any atom is 0.227 e. The zero-order chi connectivity index (χ0) is 14.4. The molecule has 1 aromatic carbocycles. The lowest BCUT2D eigenvalue weighted by Crippen LogP contribution is -2.49. The lowest BCUT2D eigenvalue weighted by atomic mass is 10.1. The molecule has 2 rings (SSSR count). The van der Waals surface area contributed by atoms with Crippen molar-refractivity contribution in [2.45, 2.75) is 6.42 Å². The molecular formula is C15H19N3O2. The third-order valence-corrected chi connectivity index (χ3v) is 3.55.